The van der Waals surface area contributed by atoms with Gasteiger partial charge in [-0.25, -0.2) is 0 Å². The van der Waals surface area contributed by atoms with Crippen molar-refractivity contribution < 1.29 is 9.47 Å². The molecule has 0 N–H and O–H groups in total. The summed E-state index contributed by atoms with van der Waals surface area (Å²) in [6.45, 7) is 2.32. The first-order valence-corrected chi connectivity index (χ1v) is 8.66. The quantitative estimate of drug-likeness (QED) is 0.476. The van der Waals surface area contributed by atoms with Crippen molar-refractivity contribution in [3.8, 4) is 33.9 Å². The van der Waals surface area contributed by atoms with Crippen LogP contribution in [0.4, 0.5) is 0 Å². The summed E-state index contributed by atoms with van der Waals surface area (Å²) in [6, 6.07) is 24.9. The van der Waals surface area contributed by atoms with Gasteiger partial charge in [-0.3, -0.25) is 4.98 Å². The molecule has 3 aromatic carbocycles. The lowest BCUT2D eigenvalue weighted by Gasteiger charge is -2.16. The van der Waals surface area contributed by atoms with Gasteiger partial charge in [0.25, 0.3) is 0 Å². The molecular weight excluding hydrogens is 322 g/mol. The van der Waals surface area contributed by atoms with Gasteiger partial charge in [0.2, 0.25) is 6.79 Å². The number of hydrogen-bond acceptors (Lipinski definition) is 3. The minimum Gasteiger partial charge on any atom is -0.454 e. The van der Waals surface area contributed by atoms with Gasteiger partial charge in [0.15, 0.2) is 11.5 Å². The molecule has 5 rings (SSSR count). The van der Waals surface area contributed by atoms with Crippen LogP contribution < -0.4 is 9.47 Å². The molecule has 0 amide bonds. The van der Waals surface area contributed by atoms with Gasteiger partial charge in [-0.2, -0.15) is 0 Å². The number of nitrogens with zero attached hydrogens (tertiary/aromatic N) is 1. The van der Waals surface area contributed by atoms with E-state index >= 15 is 0 Å². The summed E-state index contributed by atoms with van der Waals surface area (Å²) in [5, 5.41) is 2.22. The standard InChI is InChI=1S/C23H17NO2/c1-15-18-12-20-21(26-14-25-20)13-19(18)22(16-8-4-2-5-9-16)23(24-15)17-10-6-3-7-11-17/h2-13H,14H2,1H3. The Morgan fingerprint density at radius 2 is 1.31 bits per heavy atom. The molecule has 26 heavy (non-hydrogen) atoms. The van der Waals surface area contributed by atoms with Gasteiger partial charge in [-0.15, -0.1) is 0 Å². The minimum absolute atomic E-state index is 0.268. The minimum atomic E-state index is 0.268. The van der Waals surface area contributed by atoms with Gasteiger partial charge in [0.05, 0.1) is 5.69 Å². The van der Waals surface area contributed by atoms with Crippen molar-refractivity contribution in [1.29, 1.82) is 0 Å². The van der Waals surface area contributed by atoms with E-state index in [1.165, 1.54) is 0 Å². The number of fused-ring (bicyclic) bond motifs is 2. The molecule has 3 nitrogen and oxygen atoms in total. The van der Waals surface area contributed by atoms with Gasteiger partial charge >= 0.3 is 0 Å². The summed E-state index contributed by atoms with van der Waals surface area (Å²) in [7, 11) is 0. The Hall–Kier alpha value is -3.33. The Kier molecular flexibility index (Phi) is 3.39. The van der Waals surface area contributed by atoms with E-state index in [4.69, 9.17) is 14.5 Å². The third kappa shape index (κ3) is 2.32. The molecule has 1 aliphatic heterocycles. The van der Waals surface area contributed by atoms with E-state index in [0.29, 0.717) is 0 Å². The van der Waals surface area contributed by atoms with Crippen LogP contribution in [0.2, 0.25) is 0 Å². The zero-order chi connectivity index (χ0) is 17.5. The maximum absolute atomic E-state index is 5.64. The van der Waals surface area contributed by atoms with E-state index in [2.05, 4.69) is 42.5 Å². The van der Waals surface area contributed by atoms with Crippen molar-refractivity contribution in [3.05, 3.63) is 78.5 Å². The molecule has 0 radical (unpaired) electrons. The first-order valence-electron chi connectivity index (χ1n) is 8.66. The van der Waals surface area contributed by atoms with E-state index < -0.39 is 0 Å². The third-order valence-corrected chi connectivity index (χ3v) is 4.80. The van der Waals surface area contributed by atoms with Crippen LogP contribution in [0.5, 0.6) is 11.5 Å². The smallest absolute Gasteiger partial charge is 0.231 e. The molecule has 0 fully saturated rings. The Bertz CT molecular complexity index is 1110. The second-order valence-corrected chi connectivity index (χ2v) is 6.40. The van der Waals surface area contributed by atoms with Crippen molar-refractivity contribution in [1.82, 2.24) is 4.98 Å². The van der Waals surface area contributed by atoms with Gasteiger partial charge in [-0.05, 0) is 30.0 Å². The number of ether oxygens (including phenoxy) is 2. The molecular formula is C23H17NO2. The lowest BCUT2D eigenvalue weighted by atomic mass is 9.93. The van der Waals surface area contributed by atoms with Crippen molar-refractivity contribution in [2.24, 2.45) is 0 Å². The molecule has 0 bridgehead atoms. The van der Waals surface area contributed by atoms with Gasteiger partial charge in [0, 0.05) is 22.2 Å². The predicted octanol–water partition coefficient (Wildman–Crippen LogP) is 5.61. The van der Waals surface area contributed by atoms with Gasteiger partial charge < -0.3 is 9.47 Å². The number of benzene rings is 3. The van der Waals surface area contributed by atoms with Crippen LogP contribution in [0.1, 0.15) is 5.69 Å². The topological polar surface area (TPSA) is 31.4 Å². The molecule has 0 unspecified atom stereocenters. The normalized spacial score (nSPS) is 12.5. The zero-order valence-electron chi connectivity index (χ0n) is 14.4. The van der Waals surface area contributed by atoms with Crippen LogP contribution >= 0.6 is 0 Å². The number of aryl methyl sites for hydroxylation is 1. The number of rotatable bonds is 2. The summed E-state index contributed by atoms with van der Waals surface area (Å²) >= 11 is 0. The van der Waals surface area contributed by atoms with Crippen molar-refractivity contribution >= 4 is 10.8 Å². The summed E-state index contributed by atoms with van der Waals surface area (Å²) in [6.07, 6.45) is 0. The molecule has 0 spiro atoms. The maximum atomic E-state index is 5.64. The molecule has 0 atom stereocenters. The van der Waals surface area contributed by atoms with Crippen molar-refractivity contribution in [2.75, 3.05) is 6.79 Å². The average molecular weight is 339 g/mol. The first kappa shape index (κ1) is 15.0. The Morgan fingerprint density at radius 3 is 1.96 bits per heavy atom. The summed E-state index contributed by atoms with van der Waals surface area (Å²) in [5.74, 6) is 1.58. The van der Waals surface area contributed by atoms with E-state index in [0.717, 1.165) is 50.3 Å². The SMILES string of the molecule is Cc1nc(-c2ccccc2)c(-c2ccccc2)c2cc3c(cc12)OCO3. The number of hydrogen-bond donors (Lipinski definition) is 0. The molecule has 2 heterocycles. The lowest BCUT2D eigenvalue weighted by molar-refractivity contribution is 0.174. The van der Waals surface area contributed by atoms with Crippen LogP contribution in [0.25, 0.3) is 33.2 Å². The molecule has 0 aliphatic carbocycles. The van der Waals surface area contributed by atoms with Crippen LogP contribution in [-0.4, -0.2) is 11.8 Å². The molecule has 1 aliphatic rings. The fourth-order valence-corrected chi connectivity index (χ4v) is 3.56. The zero-order valence-corrected chi connectivity index (χ0v) is 14.4. The Morgan fingerprint density at radius 1 is 0.731 bits per heavy atom. The summed E-state index contributed by atoms with van der Waals surface area (Å²) in [4.78, 5) is 4.98. The predicted molar refractivity (Wildman–Crippen MR) is 103 cm³/mol. The highest BCUT2D eigenvalue weighted by Crippen LogP contribution is 2.43. The van der Waals surface area contributed by atoms with E-state index in [1.54, 1.807) is 0 Å². The fraction of sp³-hybridized carbons (Fsp3) is 0.0870. The molecule has 1 aromatic heterocycles. The molecule has 0 saturated carbocycles. The van der Waals surface area contributed by atoms with E-state index in [9.17, 15) is 0 Å². The highest BCUT2D eigenvalue weighted by Gasteiger charge is 2.20. The molecule has 0 saturated heterocycles. The first-order chi connectivity index (χ1) is 12.8. The lowest BCUT2D eigenvalue weighted by Crippen LogP contribution is -1.95. The van der Waals surface area contributed by atoms with Crippen LogP contribution in [-0.2, 0) is 0 Å². The summed E-state index contributed by atoms with van der Waals surface area (Å²) < 4.78 is 11.2. The third-order valence-electron chi connectivity index (χ3n) is 4.80. The number of aromatic nitrogens is 1. The largest absolute Gasteiger partial charge is 0.454 e. The van der Waals surface area contributed by atoms with Gasteiger partial charge in [0.1, 0.15) is 0 Å². The van der Waals surface area contributed by atoms with Crippen molar-refractivity contribution in [2.45, 2.75) is 6.92 Å². The maximum Gasteiger partial charge on any atom is 0.231 e. The highest BCUT2D eigenvalue weighted by atomic mass is 16.7. The van der Waals surface area contributed by atoms with E-state index in [1.807, 2.05) is 37.3 Å². The molecule has 3 heteroatoms. The summed E-state index contributed by atoms with van der Waals surface area (Å²) in [5.41, 5.74) is 5.34. The average Bonchev–Trinajstić information content (AvgIpc) is 3.15. The van der Waals surface area contributed by atoms with Crippen LogP contribution in [0.15, 0.2) is 72.8 Å². The highest BCUT2D eigenvalue weighted by molar-refractivity contribution is 6.05. The second-order valence-electron chi connectivity index (χ2n) is 6.40. The second kappa shape index (κ2) is 5.88. The van der Waals surface area contributed by atoms with E-state index in [-0.39, 0.29) is 6.79 Å². The van der Waals surface area contributed by atoms with Gasteiger partial charge in [-0.1, -0.05) is 60.7 Å². The Balaban J connectivity index is 1.91. The molecule has 126 valence electrons. The monoisotopic (exact) mass is 339 g/mol. The van der Waals surface area contributed by atoms with Crippen LogP contribution in [0, 0.1) is 6.92 Å². The molecule has 4 aromatic rings. The van der Waals surface area contributed by atoms with Crippen molar-refractivity contribution in [3.63, 3.8) is 0 Å². The Labute approximate surface area is 151 Å². The fourth-order valence-electron chi connectivity index (χ4n) is 3.56. The van der Waals surface area contributed by atoms with Crippen LogP contribution in [0.3, 0.4) is 0 Å². The number of pyridine rings is 1.